The molecule has 0 aliphatic rings. The molecule has 0 aliphatic heterocycles. The number of hydrogen-bond donors (Lipinski definition) is 1. The van der Waals surface area contributed by atoms with Crippen LogP contribution in [0, 0.1) is 6.92 Å². The number of unbranched alkanes of at least 4 members (excludes halogenated alkanes) is 1. The van der Waals surface area contributed by atoms with Crippen LogP contribution in [0.1, 0.15) is 30.7 Å². The Bertz CT molecular complexity index is 863. The number of amides is 1. The fourth-order valence-corrected chi connectivity index (χ4v) is 2.56. The molecule has 0 saturated carbocycles. The van der Waals surface area contributed by atoms with E-state index in [1.807, 2.05) is 43.3 Å². The van der Waals surface area contributed by atoms with Crippen LogP contribution in [0.25, 0.3) is 11.4 Å². The molecule has 3 rings (SSSR count). The zero-order valence-corrected chi connectivity index (χ0v) is 15.9. The summed E-state index contributed by atoms with van der Waals surface area (Å²) in [5.74, 6) is 1.78. The minimum atomic E-state index is -0.0272. The highest BCUT2D eigenvalue weighted by Crippen LogP contribution is 2.14. The summed E-state index contributed by atoms with van der Waals surface area (Å²) in [6, 6.07) is 11.7. The van der Waals surface area contributed by atoms with E-state index in [1.165, 1.54) is 5.56 Å². The predicted molar refractivity (Wildman–Crippen MR) is 105 cm³/mol. The molecule has 0 saturated heterocycles. The molecule has 1 aromatic carbocycles. The number of aromatic nitrogens is 3. The number of aryl methyl sites for hydroxylation is 2. The van der Waals surface area contributed by atoms with Crippen LogP contribution in [0.5, 0.6) is 5.75 Å². The highest BCUT2D eigenvalue weighted by molar-refractivity contribution is 5.75. The summed E-state index contributed by atoms with van der Waals surface area (Å²) >= 11 is 0. The first-order valence-electron chi connectivity index (χ1n) is 9.40. The average Bonchev–Trinajstić information content (AvgIpc) is 3.20. The van der Waals surface area contributed by atoms with Crippen molar-refractivity contribution in [3.05, 3.63) is 60.2 Å². The van der Waals surface area contributed by atoms with E-state index in [2.05, 4.69) is 20.4 Å². The fraction of sp³-hybridized carbons (Fsp3) is 0.333. The van der Waals surface area contributed by atoms with Gasteiger partial charge in [0.25, 0.3) is 0 Å². The third-order valence-electron chi connectivity index (χ3n) is 4.14. The molecule has 0 unspecified atom stereocenters. The van der Waals surface area contributed by atoms with Crippen LogP contribution in [0.3, 0.4) is 0 Å². The molecule has 28 heavy (non-hydrogen) atoms. The molecular formula is C21H24N4O3. The van der Waals surface area contributed by atoms with E-state index < -0.39 is 0 Å². The minimum absolute atomic E-state index is 0.0272. The van der Waals surface area contributed by atoms with Gasteiger partial charge in [0.2, 0.25) is 17.6 Å². The molecule has 2 aromatic heterocycles. The van der Waals surface area contributed by atoms with Crippen molar-refractivity contribution in [2.75, 3.05) is 13.2 Å². The second-order valence-electron chi connectivity index (χ2n) is 6.47. The summed E-state index contributed by atoms with van der Waals surface area (Å²) in [6.07, 6.45) is 5.83. The van der Waals surface area contributed by atoms with Gasteiger partial charge in [-0.05, 0) is 44.0 Å². The van der Waals surface area contributed by atoms with Gasteiger partial charge in [-0.2, -0.15) is 4.98 Å². The molecular weight excluding hydrogens is 356 g/mol. The molecule has 2 heterocycles. The number of pyridine rings is 1. The zero-order valence-electron chi connectivity index (χ0n) is 15.9. The summed E-state index contributed by atoms with van der Waals surface area (Å²) in [6.45, 7) is 3.31. The van der Waals surface area contributed by atoms with Crippen molar-refractivity contribution in [1.29, 1.82) is 0 Å². The van der Waals surface area contributed by atoms with Crippen molar-refractivity contribution in [1.82, 2.24) is 20.4 Å². The smallest absolute Gasteiger partial charge is 0.227 e. The Morgan fingerprint density at radius 3 is 2.82 bits per heavy atom. The SMILES string of the molecule is Cc1ccc(OCCCCNC(=O)CCc2nc(-c3cccnc3)no2)cc1. The molecule has 0 aliphatic carbocycles. The molecule has 146 valence electrons. The van der Waals surface area contributed by atoms with E-state index in [9.17, 15) is 4.79 Å². The number of carbonyl (C=O) groups excluding carboxylic acids is 1. The normalized spacial score (nSPS) is 10.6. The minimum Gasteiger partial charge on any atom is -0.494 e. The van der Waals surface area contributed by atoms with Crippen LogP contribution in [0.15, 0.2) is 53.3 Å². The molecule has 0 bridgehead atoms. The first-order chi connectivity index (χ1) is 13.7. The lowest BCUT2D eigenvalue weighted by Crippen LogP contribution is -2.25. The Balaban J connectivity index is 1.28. The van der Waals surface area contributed by atoms with Crippen LogP contribution >= 0.6 is 0 Å². The van der Waals surface area contributed by atoms with Crippen LogP contribution in [0.2, 0.25) is 0 Å². The maximum atomic E-state index is 11.9. The summed E-state index contributed by atoms with van der Waals surface area (Å²) in [5, 5.41) is 6.82. The van der Waals surface area contributed by atoms with Crippen LogP contribution in [-0.2, 0) is 11.2 Å². The lowest BCUT2D eigenvalue weighted by Gasteiger charge is -2.07. The Morgan fingerprint density at radius 2 is 2.04 bits per heavy atom. The van der Waals surface area contributed by atoms with Gasteiger partial charge in [0, 0.05) is 37.3 Å². The maximum Gasteiger partial charge on any atom is 0.227 e. The summed E-state index contributed by atoms with van der Waals surface area (Å²) in [7, 11) is 0. The summed E-state index contributed by atoms with van der Waals surface area (Å²) in [4.78, 5) is 20.3. The zero-order chi connectivity index (χ0) is 19.6. The third-order valence-corrected chi connectivity index (χ3v) is 4.14. The van der Waals surface area contributed by atoms with Crippen molar-refractivity contribution >= 4 is 5.91 Å². The third kappa shape index (κ3) is 6.19. The van der Waals surface area contributed by atoms with E-state index in [1.54, 1.807) is 12.4 Å². The average molecular weight is 380 g/mol. The highest BCUT2D eigenvalue weighted by Gasteiger charge is 2.10. The maximum absolute atomic E-state index is 11.9. The van der Waals surface area contributed by atoms with Gasteiger partial charge in [0.05, 0.1) is 6.61 Å². The van der Waals surface area contributed by atoms with Gasteiger partial charge in [-0.15, -0.1) is 0 Å². The number of nitrogens with one attached hydrogen (secondary N) is 1. The van der Waals surface area contributed by atoms with Crippen molar-refractivity contribution in [2.45, 2.75) is 32.6 Å². The van der Waals surface area contributed by atoms with Gasteiger partial charge in [-0.25, -0.2) is 0 Å². The van der Waals surface area contributed by atoms with Crippen molar-refractivity contribution in [2.24, 2.45) is 0 Å². The molecule has 0 radical (unpaired) electrons. The second kappa shape index (κ2) is 10.2. The van der Waals surface area contributed by atoms with Gasteiger partial charge < -0.3 is 14.6 Å². The number of hydrogen-bond acceptors (Lipinski definition) is 6. The Kier molecular flexibility index (Phi) is 7.12. The molecule has 1 amide bonds. The molecule has 1 N–H and O–H groups in total. The summed E-state index contributed by atoms with van der Waals surface area (Å²) < 4.78 is 10.9. The molecule has 3 aromatic rings. The van der Waals surface area contributed by atoms with Crippen LogP contribution in [-0.4, -0.2) is 34.2 Å². The molecule has 0 fully saturated rings. The lowest BCUT2D eigenvalue weighted by atomic mass is 10.2. The molecule has 0 atom stereocenters. The molecule has 7 nitrogen and oxygen atoms in total. The Hall–Kier alpha value is -3.22. The lowest BCUT2D eigenvalue weighted by molar-refractivity contribution is -0.121. The Morgan fingerprint density at radius 1 is 1.18 bits per heavy atom. The van der Waals surface area contributed by atoms with E-state index in [0.717, 1.165) is 24.2 Å². The summed E-state index contributed by atoms with van der Waals surface area (Å²) in [5.41, 5.74) is 2.00. The monoisotopic (exact) mass is 380 g/mol. The van der Waals surface area contributed by atoms with Gasteiger partial charge in [0.1, 0.15) is 5.75 Å². The van der Waals surface area contributed by atoms with Crippen molar-refractivity contribution < 1.29 is 14.1 Å². The van der Waals surface area contributed by atoms with Gasteiger partial charge in [0.15, 0.2) is 0 Å². The van der Waals surface area contributed by atoms with Gasteiger partial charge in [-0.3, -0.25) is 9.78 Å². The number of nitrogens with zero attached hydrogens (tertiary/aromatic N) is 3. The van der Waals surface area contributed by atoms with Crippen molar-refractivity contribution in [3.63, 3.8) is 0 Å². The Labute approximate surface area is 164 Å². The van der Waals surface area contributed by atoms with E-state index in [4.69, 9.17) is 9.26 Å². The standard InChI is InChI=1S/C21H24N4O3/c1-16-6-8-18(9-7-16)27-14-3-2-13-23-19(26)10-11-20-24-21(25-28-20)17-5-4-12-22-15-17/h4-9,12,15H,2-3,10-11,13-14H2,1H3,(H,23,26). The first kappa shape index (κ1) is 19.5. The number of ether oxygens (including phenoxy) is 1. The second-order valence-corrected chi connectivity index (χ2v) is 6.47. The number of rotatable bonds is 10. The van der Waals surface area contributed by atoms with Crippen LogP contribution < -0.4 is 10.1 Å². The fourth-order valence-electron chi connectivity index (χ4n) is 2.56. The van der Waals surface area contributed by atoms with E-state index >= 15 is 0 Å². The number of carbonyl (C=O) groups is 1. The highest BCUT2D eigenvalue weighted by atomic mass is 16.5. The van der Waals surface area contributed by atoms with Gasteiger partial charge >= 0.3 is 0 Å². The molecule has 7 heteroatoms. The molecule has 0 spiro atoms. The predicted octanol–water partition coefficient (Wildman–Crippen LogP) is 3.35. The quantitative estimate of drug-likeness (QED) is 0.543. The van der Waals surface area contributed by atoms with E-state index in [-0.39, 0.29) is 5.91 Å². The largest absolute Gasteiger partial charge is 0.494 e. The van der Waals surface area contributed by atoms with Crippen LogP contribution in [0.4, 0.5) is 0 Å². The topological polar surface area (TPSA) is 90.1 Å². The van der Waals surface area contributed by atoms with Gasteiger partial charge in [-0.1, -0.05) is 22.9 Å². The number of benzene rings is 1. The first-order valence-corrected chi connectivity index (χ1v) is 9.40. The van der Waals surface area contributed by atoms with Crippen molar-refractivity contribution in [3.8, 4) is 17.1 Å². The van der Waals surface area contributed by atoms with E-state index in [0.29, 0.717) is 37.7 Å².